The minimum atomic E-state index is -0.502. The Morgan fingerprint density at radius 2 is 2.50 bits per heavy atom. The number of nitrogens with one attached hydrogen (secondary N) is 1. The van der Waals surface area contributed by atoms with Gasteiger partial charge in [-0.25, -0.2) is 4.98 Å². The number of anilines is 1. The maximum Gasteiger partial charge on any atom is 0.139 e. The van der Waals surface area contributed by atoms with E-state index < -0.39 is 6.10 Å². The van der Waals surface area contributed by atoms with Crippen LogP contribution in [0.1, 0.15) is 0 Å². The standard InChI is InChI=1S/C9H13IN2O2/c1-14-6-7(13)5-12-9-8(10)3-2-4-11-9/h2-4,7,13H,5-6H2,1H3,(H,11,12)/t7-/m1/s1. The van der Waals surface area contributed by atoms with Crippen molar-refractivity contribution in [1.82, 2.24) is 4.98 Å². The number of halogens is 1. The summed E-state index contributed by atoms with van der Waals surface area (Å²) >= 11 is 2.19. The van der Waals surface area contributed by atoms with Crippen molar-refractivity contribution in [3.05, 3.63) is 21.9 Å². The normalized spacial score (nSPS) is 12.5. The van der Waals surface area contributed by atoms with E-state index >= 15 is 0 Å². The molecule has 0 saturated heterocycles. The molecule has 1 aromatic heterocycles. The summed E-state index contributed by atoms with van der Waals surface area (Å²) in [5, 5.41) is 12.4. The molecule has 1 aromatic rings. The highest BCUT2D eigenvalue weighted by molar-refractivity contribution is 14.1. The van der Waals surface area contributed by atoms with Crippen LogP contribution in [0.25, 0.3) is 0 Å². The van der Waals surface area contributed by atoms with Crippen molar-refractivity contribution in [3.63, 3.8) is 0 Å². The van der Waals surface area contributed by atoms with Gasteiger partial charge in [0, 0.05) is 19.9 Å². The van der Waals surface area contributed by atoms with Gasteiger partial charge in [0.25, 0.3) is 0 Å². The minimum absolute atomic E-state index is 0.330. The van der Waals surface area contributed by atoms with E-state index in [-0.39, 0.29) is 0 Å². The fraction of sp³-hybridized carbons (Fsp3) is 0.444. The molecule has 1 rings (SSSR count). The van der Waals surface area contributed by atoms with Gasteiger partial charge < -0.3 is 15.2 Å². The maximum absolute atomic E-state index is 9.38. The first-order chi connectivity index (χ1) is 6.74. The van der Waals surface area contributed by atoms with Crippen molar-refractivity contribution in [1.29, 1.82) is 0 Å². The summed E-state index contributed by atoms with van der Waals surface area (Å²) in [4.78, 5) is 4.14. The van der Waals surface area contributed by atoms with Crippen molar-refractivity contribution < 1.29 is 9.84 Å². The lowest BCUT2D eigenvalue weighted by Gasteiger charge is -2.11. The molecule has 4 nitrogen and oxygen atoms in total. The third kappa shape index (κ3) is 3.77. The van der Waals surface area contributed by atoms with Gasteiger partial charge in [-0.1, -0.05) is 0 Å². The van der Waals surface area contributed by atoms with Crippen LogP contribution in [-0.2, 0) is 4.74 Å². The highest BCUT2D eigenvalue weighted by Gasteiger charge is 2.04. The Kier molecular flexibility index (Phi) is 5.13. The largest absolute Gasteiger partial charge is 0.389 e. The predicted octanol–water partition coefficient (Wildman–Crippen LogP) is 1.11. The zero-order valence-corrected chi connectivity index (χ0v) is 10.1. The van der Waals surface area contributed by atoms with Gasteiger partial charge in [0.05, 0.1) is 16.3 Å². The summed E-state index contributed by atoms with van der Waals surface area (Å²) in [6.07, 6.45) is 1.21. The van der Waals surface area contributed by atoms with Gasteiger partial charge in [-0.15, -0.1) is 0 Å². The van der Waals surface area contributed by atoms with E-state index in [0.717, 1.165) is 9.39 Å². The molecule has 14 heavy (non-hydrogen) atoms. The van der Waals surface area contributed by atoms with Gasteiger partial charge in [-0.05, 0) is 34.7 Å². The molecule has 0 spiro atoms. The molecule has 1 atom stereocenters. The van der Waals surface area contributed by atoms with Gasteiger partial charge in [-0.3, -0.25) is 0 Å². The highest BCUT2D eigenvalue weighted by atomic mass is 127. The van der Waals surface area contributed by atoms with Crippen molar-refractivity contribution >= 4 is 28.4 Å². The van der Waals surface area contributed by atoms with E-state index in [9.17, 15) is 5.11 Å². The molecular formula is C9H13IN2O2. The Hall–Kier alpha value is -0.400. The van der Waals surface area contributed by atoms with Gasteiger partial charge in [0.2, 0.25) is 0 Å². The van der Waals surface area contributed by atoms with Crippen LogP contribution in [0, 0.1) is 3.57 Å². The molecule has 0 aromatic carbocycles. The summed E-state index contributed by atoms with van der Waals surface area (Å²) in [6.45, 7) is 0.775. The van der Waals surface area contributed by atoms with Crippen LogP contribution in [0.2, 0.25) is 0 Å². The van der Waals surface area contributed by atoms with Crippen molar-refractivity contribution in [2.45, 2.75) is 6.10 Å². The molecule has 0 saturated carbocycles. The molecule has 1 heterocycles. The number of aliphatic hydroxyl groups excluding tert-OH is 1. The summed E-state index contributed by atoms with van der Waals surface area (Å²) in [5.41, 5.74) is 0. The second-order valence-electron chi connectivity index (χ2n) is 2.82. The summed E-state index contributed by atoms with van der Waals surface area (Å²) in [7, 11) is 1.56. The Balaban J connectivity index is 2.41. The van der Waals surface area contributed by atoms with Crippen molar-refractivity contribution in [3.8, 4) is 0 Å². The van der Waals surface area contributed by atoms with Crippen LogP contribution in [0.3, 0.4) is 0 Å². The zero-order chi connectivity index (χ0) is 10.4. The Bertz CT molecular complexity index is 283. The topological polar surface area (TPSA) is 54.4 Å². The summed E-state index contributed by atoms with van der Waals surface area (Å²) in [6, 6.07) is 3.83. The van der Waals surface area contributed by atoms with E-state index in [1.807, 2.05) is 12.1 Å². The zero-order valence-electron chi connectivity index (χ0n) is 7.90. The number of pyridine rings is 1. The van der Waals surface area contributed by atoms with E-state index in [0.29, 0.717) is 13.2 Å². The first-order valence-electron chi connectivity index (χ1n) is 4.25. The van der Waals surface area contributed by atoms with Gasteiger partial charge >= 0.3 is 0 Å². The van der Waals surface area contributed by atoms with E-state index in [1.54, 1.807) is 13.3 Å². The van der Waals surface area contributed by atoms with Crippen LogP contribution in [-0.4, -0.2) is 36.5 Å². The molecule has 0 radical (unpaired) electrons. The number of aliphatic hydroxyl groups is 1. The van der Waals surface area contributed by atoms with Crippen molar-refractivity contribution in [2.24, 2.45) is 0 Å². The number of ether oxygens (including phenoxy) is 1. The number of hydrogen-bond acceptors (Lipinski definition) is 4. The van der Waals surface area contributed by atoms with Crippen LogP contribution in [0.4, 0.5) is 5.82 Å². The molecule has 5 heteroatoms. The molecule has 0 aliphatic rings. The lowest BCUT2D eigenvalue weighted by atomic mass is 10.3. The summed E-state index contributed by atoms with van der Waals surface area (Å²) in [5.74, 6) is 0.795. The summed E-state index contributed by atoms with van der Waals surface area (Å²) < 4.78 is 5.85. The SMILES string of the molecule is COC[C@H](O)CNc1ncccc1I. The Labute approximate surface area is 96.8 Å². The van der Waals surface area contributed by atoms with E-state index in [2.05, 4.69) is 32.9 Å². The number of nitrogens with zero attached hydrogens (tertiary/aromatic N) is 1. The number of aromatic nitrogens is 1. The highest BCUT2D eigenvalue weighted by Crippen LogP contribution is 2.13. The third-order valence-electron chi connectivity index (χ3n) is 1.62. The van der Waals surface area contributed by atoms with E-state index in [1.165, 1.54) is 0 Å². The average Bonchev–Trinajstić information content (AvgIpc) is 2.17. The monoisotopic (exact) mass is 308 g/mol. The lowest BCUT2D eigenvalue weighted by Crippen LogP contribution is -2.24. The smallest absolute Gasteiger partial charge is 0.139 e. The van der Waals surface area contributed by atoms with Crippen molar-refractivity contribution in [2.75, 3.05) is 25.6 Å². The van der Waals surface area contributed by atoms with Crippen LogP contribution in [0.5, 0.6) is 0 Å². The molecule has 0 fully saturated rings. The predicted molar refractivity (Wildman–Crippen MR) is 63.3 cm³/mol. The third-order valence-corrected chi connectivity index (χ3v) is 2.49. The maximum atomic E-state index is 9.38. The van der Waals surface area contributed by atoms with Crippen LogP contribution in [0.15, 0.2) is 18.3 Å². The Morgan fingerprint density at radius 1 is 1.71 bits per heavy atom. The fourth-order valence-corrected chi connectivity index (χ4v) is 1.52. The Morgan fingerprint density at radius 3 is 3.14 bits per heavy atom. The second kappa shape index (κ2) is 6.15. The molecule has 0 bridgehead atoms. The number of hydrogen-bond donors (Lipinski definition) is 2. The van der Waals surface area contributed by atoms with E-state index in [4.69, 9.17) is 4.74 Å². The van der Waals surface area contributed by atoms with Gasteiger partial charge in [0.1, 0.15) is 5.82 Å². The minimum Gasteiger partial charge on any atom is -0.389 e. The molecule has 0 amide bonds. The van der Waals surface area contributed by atoms with Crippen LogP contribution >= 0.6 is 22.6 Å². The van der Waals surface area contributed by atoms with Gasteiger partial charge in [0.15, 0.2) is 0 Å². The number of methoxy groups -OCH3 is 1. The molecule has 0 aliphatic carbocycles. The molecule has 0 aliphatic heterocycles. The fourth-order valence-electron chi connectivity index (χ4n) is 0.982. The van der Waals surface area contributed by atoms with Crippen LogP contribution < -0.4 is 5.32 Å². The molecular weight excluding hydrogens is 295 g/mol. The molecule has 2 N–H and O–H groups in total. The second-order valence-corrected chi connectivity index (χ2v) is 3.99. The quantitative estimate of drug-likeness (QED) is 0.800. The number of rotatable bonds is 5. The molecule has 0 unspecified atom stereocenters. The first-order valence-corrected chi connectivity index (χ1v) is 5.33. The lowest BCUT2D eigenvalue weighted by molar-refractivity contribution is 0.0727. The average molecular weight is 308 g/mol. The molecule has 78 valence electrons. The first kappa shape index (κ1) is 11.7. The van der Waals surface area contributed by atoms with Gasteiger partial charge in [-0.2, -0.15) is 0 Å².